The van der Waals surface area contributed by atoms with Crippen LogP contribution in [0.4, 0.5) is 0 Å². The van der Waals surface area contributed by atoms with E-state index in [4.69, 9.17) is 4.74 Å². The van der Waals surface area contributed by atoms with Crippen LogP contribution >= 0.6 is 23.1 Å². The van der Waals surface area contributed by atoms with Crippen molar-refractivity contribution in [3.8, 4) is 0 Å². The van der Waals surface area contributed by atoms with Crippen molar-refractivity contribution >= 4 is 29.1 Å². The Labute approximate surface area is 92.7 Å². The van der Waals surface area contributed by atoms with Crippen LogP contribution in [-0.2, 0) is 9.53 Å². The second kappa shape index (κ2) is 4.84. The minimum Gasteiger partial charge on any atom is -0.465 e. The van der Waals surface area contributed by atoms with E-state index < -0.39 is 4.75 Å². The van der Waals surface area contributed by atoms with E-state index in [0.29, 0.717) is 6.61 Å². The van der Waals surface area contributed by atoms with Crippen LogP contribution in [0, 0.1) is 0 Å². The first-order chi connectivity index (χ1) is 6.56. The minimum absolute atomic E-state index is 0.154. The molecule has 14 heavy (non-hydrogen) atoms. The molecule has 1 aromatic rings. The zero-order chi connectivity index (χ0) is 10.6. The number of ether oxygens (including phenoxy) is 1. The fraction of sp³-hybridized carbons (Fsp3) is 0.500. The maximum absolute atomic E-state index is 11.6. The van der Waals surface area contributed by atoms with Gasteiger partial charge in [-0.1, -0.05) is 17.8 Å². The molecule has 1 rings (SSSR count). The molecule has 0 unspecified atom stereocenters. The van der Waals surface area contributed by atoms with E-state index >= 15 is 0 Å². The Balaban J connectivity index is 2.61. The zero-order valence-electron chi connectivity index (χ0n) is 8.57. The van der Waals surface area contributed by atoms with Crippen molar-refractivity contribution in [1.29, 1.82) is 0 Å². The van der Waals surface area contributed by atoms with Gasteiger partial charge in [0.15, 0.2) is 0 Å². The highest BCUT2D eigenvalue weighted by atomic mass is 32.2. The Morgan fingerprint density at radius 1 is 1.64 bits per heavy atom. The molecule has 0 radical (unpaired) electrons. The average molecular weight is 230 g/mol. The van der Waals surface area contributed by atoms with Crippen LogP contribution in [0.3, 0.4) is 0 Å². The smallest absolute Gasteiger partial charge is 0.322 e. The Hall–Kier alpha value is -0.480. The van der Waals surface area contributed by atoms with E-state index in [0.717, 1.165) is 4.21 Å². The number of carbonyl (C=O) groups excluding carboxylic acids is 1. The lowest BCUT2D eigenvalue weighted by Crippen LogP contribution is -2.29. The first-order valence-corrected chi connectivity index (χ1v) is 6.15. The quantitative estimate of drug-likeness (QED) is 0.587. The molecule has 0 amide bonds. The summed E-state index contributed by atoms with van der Waals surface area (Å²) in [6.45, 7) is 6.03. The fourth-order valence-corrected chi connectivity index (χ4v) is 3.14. The van der Waals surface area contributed by atoms with Gasteiger partial charge in [-0.15, -0.1) is 11.3 Å². The van der Waals surface area contributed by atoms with E-state index in [-0.39, 0.29) is 5.97 Å². The lowest BCUT2D eigenvalue weighted by atomic mass is 10.2. The Kier molecular flexibility index (Phi) is 4.01. The van der Waals surface area contributed by atoms with Gasteiger partial charge in [-0.3, -0.25) is 4.79 Å². The summed E-state index contributed by atoms with van der Waals surface area (Å²) in [5, 5.41) is 2.00. The molecule has 0 aromatic carbocycles. The molecule has 0 aliphatic heterocycles. The van der Waals surface area contributed by atoms with Crippen LogP contribution in [-0.4, -0.2) is 17.3 Å². The highest BCUT2D eigenvalue weighted by molar-refractivity contribution is 8.03. The van der Waals surface area contributed by atoms with Gasteiger partial charge in [-0.25, -0.2) is 0 Å². The number of thioether (sulfide) groups is 1. The number of thiophene rings is 1. The number of carbonyl (C=O) groups is 1. The molecule has 78 valence electrons. The summed E-state index contributed by atoms with van der Waals surface area (Å²) >= 11 is 3.19. The van der Waals surface area contributed by atoms with Crippen molar-refractivity contribution in [2.24, 2.45) is 0 Å². The molecule has 0 aliphatic rings. The van der Waals surface area contributed by atoms with Gasteiger partial charge in [-0.05, 0) is 32.2 Å². The minimum atomic E-state index is -0.499. The van der Waals surface area contributed by atoms with E-state index in [9.17, 15) is 4.79 Å². The molecule has 0 bridgehead atoms. The largest absolute Gasteiger partial charge is 0.465 e. The SMILES string of the molecule is CCOC(=O)C(C)(C)Sc1cccs1. The van der Waals surface area contributed by atoms with Gasteiger partial charge in [0.2, 0.25) is 0 Å². The van der Waals surface area contributed by atoms with Crippen molar-refractivity contribution in [3.05, 3.63) is 17.5 Å². The maximum atomic E-state index is 11.6. The van der Waals surface area contributed by atoms with Gasteiger partial charge >= 0.3 is 5.97 Å². The molecule has 0 aliphatic carbocycles. The molecule has 2 nitrogen and oxygen atoms in total. The van der Waals surface area contributed by atoms with Crippen LogP contribution in [0.5, 0.6) is 0 Å². The van der Waals surface area contributed by atoms with Crippen molar-refractivity contribution < 1.29 is 9.53 Å². The summed E-state index contributed by atoms with van der Waals surface area (Å²) in [4.78, 5) is 11.6. The molecule has 1 heterocycles. The van der Waals surface area contributed by atoms with Crippen LogP contribution in [0.2, 0.25) is 0 Å². The highest BCUT2D eigenvalue weighted by Gasteiger charge is 2.30. The first kappa shape index (κ1) is 11.6. The molecule has 4 heteroatoms. The maximum Gasteiger partial charge on any atom is 0.322 e. The number of rotatable bonds is 4. The summed E-state index contributed by atoms with van der Waals surface area (Å²) < 4.78 is 5.64. The van der Waals surface area contributed by atoms with Crippen molar-refractivity contribution in [2.75, 3.05) is 6.61 Å². The van der Waals surface area contributed by atoms with Crippen LogP contribution in [0.15, 0.2) is 21.7 Å². The zero-order valence-corrected chi connectivity index (χ0v) is 10.2. The third kappa shape index (κ3) is 3.03. The standard InChI is InChI=1S/C10H14O2S2/c1-4-12-9(11)10(2,3)14-8-6-5-7-13-8/h5-7H,4H2,1-3H3. The van der Waals surface area contributed by atoms with E-state index in [1.165, 1.54) is 0 Å². The Morgan fingerprint density at radius 2 is 2.36 bits per heavy atom. The van der Waals surface area contributed by atoms with Crippen LogP contribution in [0.1, 0.15) is 20.8 Å². The summed E-state index contributed by atoms with van der Waals surface area (Å²) in [7, 11) is 0. The van der Waals surface area contributed by atoms with E-state index in [1.807, 2.05) is 38.3 Å². The highest BCUT2D eigenvalue weighted by Crippen LogP contribution is 2.36. The summed E-state index contributed by atoms with van der Waals surface area (Å²) in [6.07, 6.45) is 0. The summed E-state index contributed by atoms with van der Waals surface area (Å²) in [6, 6.07) is 3.99. The van der Waals surface area contributed by atoms with Crippen molar-refractivity contribution in [2.45, 2.75) is 29.7 Å². The van der Waals surface area contributed by atoms with Gasteiger partial charge < -0.3 is 4.74 Å². The molecule has 0 saturated carbocycles. The summed E-state index contributed by atoms with van der Waals surface area (Å²) in [5.74, 6) is -0.154. The molecule has 1 aromatic heterocycles. The lowest BCUT2D eigenvalue weighted by molar-refractivity contribution is -0.145. The Morgan fingerprint density at radius 3 is 2.86 bits per heavy atom. The first-order valence-electron chi connectivity index (χ1n) is 4.46. The van der Waals surface area contributed by atoms with Gasteiger partial charge in [0, 0.05) is 0 Å². The van der Waals surface area contributed by atoms with Gasteiger partial charge in [-0.2, -0.15) is 0 Å². The van der Waals surface area contributed by atoms with Gasteiger partial charge in [0.25, 0.3) is 0 Å². The molecule has 0 saturated heterocycles. The number of hydrogen-bond donors (Lipinski definition) is 0. The monoisotopic (exact) mass is 230 g/mol. The molecular weight excluding hydrogens is 216 g/mol. The second-order valence-electron chi connectivity index (χ2n) is 3.26. The normalized spacial score (nSPS) is 11.4. The van der Waals surface area contributed by atoms with Gasteiger partial charge in [0.05, 0.1) is 10.8 Å². The number of esters is 1. The van der Waals surface area contributed by atoms with Crippen LogP contribution < -0.4 is 0 Å². The average Bonchev–Trinajstić information content (AvgIpc) is 2.56. The molecular formula is C10H14O2S2. The molecule has 0 spiro atoms. The third-order valence-electron chi connectivity index (χ3n) is 1.62. The van der Waals surface area contributed by atoms with E-state index in [2.05, 4.69) is 0 Å². The lowest BCUT2D eigenvalue weighted by Gasteiger charge is -2.20. The second-order valence-corrected chi connectivity index (χ2v) is 6.14. The topological polar surface area (TPSA) is 26.3 Å². The number of hydrogen-bond acceptors (Lipinski definition) is 4. The van der Waals surface area contributed by atoms with Crippen molar-refractivity contribution in [3.63, 3.8) is 0 Å². The molecule has 0 N–H and O–H groups in total. The third-order valence-corrected chi connectivity index (χ3v) is 3.83. The predicted octanol–water partition coefficient (Wildman–Crippen LogP) is 3.18. The Bertz CT molecular complexity index is 291. The van der Waals surface area contributed by atoms with Gasteiger partial charge in [0.1, 0.15) is 4.75 Å². The fourth-order valence-electron chi connectivity index (χ4n) is 0.920. The summed E-state index contributed by atoms with van der Waals surface area (Å²) in [5.41, 5.74) is 0. The van der Waals surface area contributed by atoms with Crippen molar-refractivity contribution in [1.82, 2.24) is 0 Å². The van der Waals surface area contributed by atoms with Crippen LogP contribution in [0.25, 0.3) is 0 Å². The molecule has 0 atom stereocenters. The predicted molar refractivity (Wildman–Crippen MR) is 60.9 cm³/mol. The van der Waals surface area contributed by atoms with E-state index in [1.54, 1.807) is 23.1 Å². The molecule has 0 fully saturated rings.